The smallest absolute Gasteiger partial charge is 0.205 e. The lowest BCUT2D eigenvalue weighted by Gasteiger charge is -2.63. The van der Waals surface area contributed by atoms with Gasteiger partial charge in [-0.05, 0) is 94.4 Å². The zero-order valence-corrected chi connectivity index (χ0v) is 25.6. The van der Waals surface area contributed by atoms with E-state index >= 15 is 8.78 Å². The van der Waals surface area contributed by atoms with Crippen molar-refractivity contribution in [3.05, 3.63) is 48.1 Å². The number of allylic oxidation sites excluding steroid dienone is 4. The van der Waals surface area contributed by atoms with E-state index in [0.717, 1.165) is 12.1 Å². The van der Waals surface area contributed by atoms with Crippen LogP contribution in [0.4, 0.5) is 14.5 Å². The van der Waals surface area contributed by atoms with Gasteiger partial charge in [0.1, 0.15) is 18.5 Å². The van der Waals surface area contributed by atoms with Crippen molar-refractivity contribution in [3.8, 4) is 5.75 Å². The largest absolute Gasteiger partial charge is 0.486 e. The molecule has 1 aromatic carbocycles. The van der Waals surface area contributed by atoms with Crippen molar-refractivity contribution in [2.75, 3.05) is 11.9 Å². The Morgan fingerprint density at radius 1 is 1.19 bits per heavy atom. The number of fused-ring (bicyclic) bond motifs is 7. The molecule has 1 aromatic rings. The van der Waals surface area contributed by atoms with Crippen molar-refractivity contribution in [3.63, 3.8) is 0 Å². The topological polar surface area (TPSA) is 94.1 Å². The lowest BCUT2D eigenvalue weighted by atomic mass is 9.44. The van der Waals surface area contributed by atoms with Crippen LogP contribution in [0.5, 0.6) is 5.75 Å². The van der Waals surface area contributed by atoms with Gasteiger partial charge in [-0.2, -0.15) is 0 Å². The van der Waals surface area contributed by atoms with Gasteiger partial charge in [-0.1, -0.05) is 26.3 Å². The molecule has 1 heterocycles. The van der Waals surface area contributed by atoms with Crippen molar-refractivity contribution in [2.24, 2.45) is 22.7 Å². The molecule has 0 spiro atoms. The van der Waals surface area contributed by atoms with Crippen molar-refractivity contribution >= 4 is 17.3 Å². The van der Waals surface area contributed by atoms with Gasteiger partial charge in [-0.25, -0.2) is 8.78 Å². The summed E-state index contributed by atoms with van der Waals surface area (Å²) in [7, 11) is 0. The minimum atomic E-state index is -2.24. The van der Waals surface area contributed by atoms with Gasteiger partial charge in [0, 0.05) is 28.5 Å². The highest BCUT2D eigenvalue weighted by Gasteiger charge is 2.80. The second kappa shape index (κ2) is 10.5. The summed E-state index contributed by atoms with van der Waals surface area (Å²) in [6.45, 7) is 9.24. The lowest BCUT2D eigenvalue weighted by Crippen LogP contribution is -2.71. The minimum absolute atomic E-state index is 0.0731. The first-order valence-corrected chi connectivity index (χ1v) is 15.6. The van der Waals surface area contributed by atoms with Gasteiger partial charge in [-0.15, -0.1) is 0 Å². The molecule has 0 bridgehead atoms. The van der Waals surface area contributed by atoms with Gasteiger partial charge in [0.25, 0.3) is 0 Å². The normalized spacial score (nSPS) is 43.0. The van der Waals surface area contributed by atoms with Crippen molar-refractivity contribution in [1.29, 1.82) is 0 Å². The van der Waals surface area contributed by atoms with E-state index in [0.29, 0.717) is 18.6 Å². The molecule has 0 radical (unpaired) electrons. The third-order valence-electron chi connectivity index (χ3n) is 11.0. The zero-order chi connectivity index (χ0) is 30.9. The first-order valence-electron chi connectivity index (χ1n) is 15.6. The molecule has 10 atom stereocenters. The summed E-state index contributed by atoms with van der Waals surface area (Å²) in [5, 5.41) is 15.0. The number of hydrogen-bond donors (Lipinski definition) is 2. The third-order valence-corrected chi connectivity index (χ3v) is 11.0. The summed E-state index contributed by atoms with van der Waals surface area (Å²) in [4.78, 5) is 26.5. The molecule has 6 rings (SSSR count). The Kier molecular flexibility index (Phi) is 7.41. The Morgan fingerprint density at radius 2 is 1.91 bits per heavy atom. The van der Waals surface area contributed by atoms with Crippen LogP contribution in [0.3, 0.4) is 0 Å². The highest BCUT2D eigenvalue weighted by molar-refractivity contribution is 6.01. The summed E-state index contributed by atoms with van der Waals surface area (Å²) in [6, 6.07) is 7.61. The predicted molar refractivity (Wildman–Crippen MR) is 157 cm³/mol. The molecule has 2 N–H and O–H groups in total. The van der Waals surface area contributed by atoms with E-state index in [1.807, 2.05) is 39.8 Å². The number of Topliss-reactive ketones (excluding diaryl/α,β-unsaturated/α-hetero) is 1. The Labute approximate surface area is 252 Å². The van der Waals surface area contributed by atoms with Gasteiger partial charge in [-0.3, -0.25) is 9.59 Å². The van der Waals surface area contributed by atoms with Gasteiger partial charge >= 0.3 is 0 Å². The summed E-state index contributed by atoms with van der Waals surface area (Å²) < 4.78 is 52.4. The number of halogens is 2. The van der Waals surface area contributed by atoms with Crippen LogP contribution in [0.25, 0.3) is 0 Å². The molecule has 1 saturated heterocycles. The second-order valence-corrected chi connectivity index (χ2v) is 13.8. The number of carbonyl (C=O) groups is 2. The van der Waals surface area contributed by atoms with Crippen LogP contribution in [0, 0.1) is 22.7 Å². The molecule has 4 fully saturated rings. The minimum Gasteiger partial charge on any atom is -0.486 e. The fraction of sp³-hybridized carbons (Fsp3) is 0.647. The van der Waals surface area contributed by atoms with Crippen LogP contribution >= 0.6 is 0 Å². The van der Waals surface area contributed by atoms with Crippen LogP contribution in [0.15, 0.2) is 48.1 Å². The molecule has 1 aliphatic heterocycles. The average Bonchev–Trinajstić information content (AvgIpc) is 3.43. The molecule has 4 aliphatic carbocycles. The number of aliphatic hydroxyl groups is 1. The number of carbonyl (C=O) groups excluding carboxylic acids is 2. The molecule has 0 amide bonds. The number of alkyl halides is 2. The summed E-state index contributed by atoms with van der Waals surface area (Å²) in [5.74, 6) is -1.63. The van der Waals surface area contributed by atoms with Gasteiger partial charge in [0.15, 0.2) is 23.3 Å². The molecule has 0 aromatic heterocycles. The van der Waals surface area contributed by atoms with Gasteiger partial charge in [0.2, 0.25) is 5.78 Å². The average molecular weight is 600 g/mol. The molecule has 3 saturated carbocycles. The van der Waals surface area contributed by atoms with E-state index in [4.69, 9.17) is 14.2 Å². The number of hydrogen-bond acceptors (Lipinski definition) is 7. The molecule has 9 heteroatoms. The molecule has 1 unspecified atom stereocenters. The highest BCUT2D eigenvalue weighted by atomic mass is 19.1. The predicted octanol–water partition coefficient (Wildman–Crippen LogP) is 5.66. The third kappa shape index (κ3) is 4.28. The Hall–Kier alpha value is -2.62. The fourth-order valence-electron chi connectivity index (χ4n) is 9.12. The Balaban J connectivity index is 1.33. The number of ketones is 2. The number of anilines is 1. The maximum atomic E-state index is 17.6. The number of aliphatic hydroxyl groups excluding tert-OH is 1. The number of nitrogens with one attached hydrogen (secondary N) is 1. The summed E-state index contributed by atoms with van der Waals surface area (Å²) >= 11 is 0. The van der Waals surface area contributed by atoms with Crippen LogP contribution < -0.4 is 10.1 Å². The van der Waals surface area contributed by atoms with Crippen LogP contribution in [0.2, 0.25) is 0 Å². The fourth-order valence-corrected chi connectivity index (χ4v) is 9.12. The van der Waals surface area contributed by atoms with E-state index in [1.54, 1.807) is 19.1 Å². The van der Waals surface area contributed by atoms with E-state index < -0.39 is 58.6 Å². The van der Waals surface area contributed by atoms with E-state index in [1.165, 1.54) is 18.2 Å². The Bertz CT molecular complexity index is 1350. The maximum Gasteiger partial charge on any atom is 0.205 e. The first kappa shape index (κ1) is 30.4. The highest BCUT2D eigenvalue weighted by Crippen LogP contribution is 2.72. The molecular formula is C34H43F2NO6. The molecule has 234 valence electrons. The van der Waals surface area contributed by atoms with E-state index in [2.05, 4.69) is 5.32 Å². The van der Waals surface area contributed by atoms with Crippen molar-refractivity contribution in [2.45, 2.75) is 109 Å². The number of rotatable bonds is 8. The maximum absolute atomic E-state index is 17.6. The second-order valence-electron chi connectivity index (χ2n) is 13.8. The van der Waals surface area contributed by atoms with Gasteiger partial charge in [0.05, 0.1) is 12.2 Å². The van der Waals surface area contributed by atoms with Crippen LogP contribution in [0.1, 0.15) is 66.7 Å². The monoisotopic (exact) mass is 599 g/mol. The molecule has 43 heavy (non-hydrogen) atoms. The quantitative estimate of drug-likeness (QED) is 0.398. The molecule has 5 aliphatic rings. The van der Waals surface area contributed by atoms with Gasteiger partial charge < -0.3 is 24.6 Å². The Morgan fingerprint density at radius 3 is 2.58 bits per heavy atom. The van der Waals surface area contributed by atoms with E-state index in [-0.39, 0.29) is 42.6 Å². The SMILES string of the molecule is CCCC1O[C@@H]2C[C@H]3[C@@H]4C[C@H](F)C5=CC(=O)C=C[C@]5(C)[C@@]4(F)[C@@H](O)C[C@]3(C)[C@]2(C(=O)COc2ccc(NC(C)C)cc2)O1. The zero-order valence-electron chi connectivity index (χ0n) is 25.6. The lowest BCUT2D eigenvalue weighted by molar-refractivity contribution is -0.234. The standard InChI is InChI=1S/C34H43F2NO6/c1-6-7-30-42-29-16-23-24-15-26(35)25-14-21(38)12-13-31(25,4)33(24,36)27(39)17-32(23,5)34(29,43-30)28(40)18-41-22-10-8-20(9-11-22)37-19(2)3/h8-14,19,23-24,26-27,29-30,37,39H,6-7,15-18H2,1-5H3/t23-,24-,26-,27-,29+,30?,31-,32-,33-,34+/m0/s1. The van der Waals surface area contributed by atoms with Crippen molar-refractivity contribution in [1.82, 2.24) is 0 Å². The number of benzene rings is 1. The van der Waals surface area contributed by atoms with Crippen molar-refractivity contribution < 1.29 is 37.7 Å². The van der Waals surface area contributed by atoms with Crippen LogP contribution in [-0.4, -0.2) is 65.3 Å². The van der Waals surface area contributed by atoms with E-state index in [9.17, 15) is 14.7 Å². The first-order chi connectivity index (χ1) is 20.3. The van der Waals surface area contributed by atoms with Crippen LogP contribution in [-0.2, 0) is 19.1 Å². The molecular weight excluding hydrogens is 556 g/mol. The number of ether oxygens (including phenoxy) is 3. The summed E-state index contributed by atoms with van der Waals surface area (Å²) in [6.07, 6.45) is 0.853. The molecule has 7 nitrogen and oxygen atoms in total. The summed E-state index contributed by atoms with van der Waals surface area (Å²) in [5.41, 5.74) is -5.26.